The molecule has 0 atom stereocenters. The summed E-state index contributed by atoms with van der Waals surface area (Å²) in [5, 5.41) is 1.67. The minimum atomic E-state index is -1.65. The van der Waals surface area contributed by atoms with Crippen LogP contribution in [0.3, 0.4) is 0 Å². The van der Waals surface area contributed by atoms with E-state index >= 15 is 0 Å². The molecule has 0 aliphatic carbocycles. The van der Waals surface area contributed by atoms with Crippen molar-refractivity contribution in [2.75, 3.05) is 31.1 Å². The lowest BCUT2D eigenvalue weighted by atomic mass is 10.2. The van der Waals surface area contributed by atoms with Crippen LogP contribution in [0, 0.1) is 23.3 Å². The van der Waals surface area contributed by atoms with Gasteiger partial charge in [-0.3, -0.25) is 10.1 Å². The first kappa shape index (κ1) is 21.6. The fourth-order valence-corrected chi connectivity index (χ4v) is 3.56. The summed E-state index contributed by atoms with van der Waals surface area (Å²) in [5.74, 6) is -6.91. The van der Waals surface area contributed by atoms with Crippen molar-refractivity contribution in [3.63, 3.8) is 0 Å². The van der Waals surface area contributed by atoms with Gasteiger partial charge in [0, 0.05) is 26.2 Å². The Morgan fingerprint density at radius 2 is 1.48 bits per heavy atom. The van der Waals surface area contributed by atoms with Crippen molar-refractivity contribution < 1.29 is 22.4 Å². The normalized spacial score (nSPS) is 14.1. The molecule has 1 aliphatic rings. The number of benzene rings is 2. The van der Waals surface area contributed by atoms with Crippen LogP contribution in [-0.4, -0.2) is 42.1 Å². The average molecular weight is 466 g/mol. The molecule has 2 aromatic carbocycles. The highest BCUT2D eigenvalue weighted by Crippen LogP contribution is 2.33. The Hall–Kier alpha value is -2.10. The molecule has 4 nitrogen and oxygen atoms in total. The van der Waals surface area contributed by atoms with E-state index in [9.17, 15) is 22.4 Å². The zero-order chi connectivity index (χ0) is 21.3. The van der Waals surface area contributed by atoms with Crippen molar-refractivity contribution >= 4 is 52.1 Å². The number of amides is 1. The number of piperazine rings is 1. The first-order valence-electron chi connectivity index (χ1n) is 8.33. The second-order valence-electron chi connectivity index (χ2n) is 6.13. The van der Waals surface area contributed by atoms with Crippen LogP contribution >= 0.6 is 35.4 Å². The van der Waals surface area contributed by atoms with Crippen LogP contribution in [0.2, 0.25) is 10.0 Å². The predicted octanol–water partition coefficient (Wildman–Crippen LogP) is 4.39. The summed E-state index contributed by atoms with van der Waals surface area (Å²) in [6.07, 6.45) is 0. The molecule has 1 aliphatic heterocycles. The van der Waals surface area contributed by atoms with Crippen LogP contribution < -0.4 is 10.2 Å². The van der Waals surface area contributed by atoms with Crippen molar-refractivity contribution in [3.8, 4) is 0 Å². The molecule has 0 radical (unpaired) electrons. The van der Waals surface area contributed by atoms with Crippen LogP contribution in [0.25, 0.3) is 0 Å². The van der Waals surface area contributed by atoms with E-state index < -0.39 is 39.9 Å². The van der Waals surface area contributed by atoms with Crippen molar-refractivity contribution in [1.29, 1.82) is 0 Å². The molecular formula is C18H13Cl2F4N3OS. The maximum atomic E-state index is 14.1. The molecule has 1 saturated heterocycles. The summed E-state index contributed by atoms with van der Waals surface area (Å²) in [5.41, 5.74) is -0.582. The molecule has 154 valence electrons. The van der Waals surface area contributed by atoms with Crippen LogP contribution in [0.15, 0.2) is 24.3 Å². The smallest absolute Gasteiger partial charge is 0.258 e. The topological polar surface area (TPSA) is 35.6 Å². The number of anilines is 1. The summed E-state index contributed by atoms with van der Waals surface area (Å²) in [6.45, 7) is 0.339. The Balaban J connectivity index is 1.68. The highest BCUT2D eigenvalue weighted by molar-refractivity contribution is 7.80. The summed E-state index contributed by atoms with van der Waals surface area (Å²) in [7, 11) is 0. The Labute approximate surface area is 179 Å². The van der Waals surface area contributed by atoms with E-state index in [1.807, 2.05) is 0 Å². The molecule has 2 aromatic rings. The zero-order valence-corrected chi connectivity index (χ0v) is 16.9. The Morgan fingerprint density at radius 3 is 2.03 bits per heavy atom. The zero-order valence-electron chi connectivity index (χ0n) is 14.6. The molecule has 1 heterocycles. The van der Waals surface area contributed by atoms with Crippen LogP contribution in [0.4, 0.5) is 23.2 Å². The van der Waals surface area contributed by atoms with Crippen molar-refractivity contribution in [3.05, 3.63) is 63.1 Å². The third kappa shape index (κ3) is 4.26. The first-order valence-corrected chi connectivity index (χ1v) is 9.50. The van der Waals surface area contributed by atoms with E-state index in [-0.39, 0.29) is 41.9 Å². The van der Waals surface area contributed by atoms with Crippen LogP contribution in [-0.2, 0) is 0 Å². The predicted molar refractivity (Wildman–Crippen MR) is 107 cm³/mol. The second kappa shape index (κ2) is 8.73. The Bertz CT molecular complexity index is 955. The molecule has 1 amide bonds. The fraction of sp³-hybridized carbons (Fsp3) is 0.222. The van der Waals surface area contributed by atoms with E-state index in [4.69, 9.17) is 35.4 Å². The van der Waals surface area contributed by atoms with Crippen molar-refractivity contribution in [1.82, 2.24) is 10.2 Å². The molecular weight excluding hydrogens is 453 g/mol. The third-order valence-corrected chi connectivity index (χ3v) is 5.43. The minimum Gasteiger partial charge on any atom is -0.363 e. The van der Waals surface area contributed by atoms with Crippen molar-refractivity contribution in [2.24, 2.45) is 0 Å². The van der Waals surface area contributed by atoms with E-state index in [0.717, 1.165) is 4.90 Å². The minimum absolute atomic E-state index is 0.0104. The van der Waals surface area contributed by atoms with Crippen LogP contribution in [0.1, 0.15) is 10.4 Å². The number of hydrogen-bond donors (Lipinski definition) is 1. The van der Waals surface area contributed by atoms with Gasteiger partial charge in [0.1, 0.15) is 10.7 Å². The highest BCUT2D eigenvalue weighted by Gasteiger charge is 2.30. The molecule has 0 spiro atoms. The number of carbonyl (C=O) groups excluding carboxylic acids is 1. The van der Waals surface area contributed by atoms with Gasteiger partial charge in [0.15, 0.2) is 28.4 Å². The van der Waals surface area contributed by atoms with Crippen molar-refractivity contribution in [2.45, 2.75) is 0 Å². The van der Waals surface area contributed by atoms with Gasteiger partial charge < -0.3 is 9.80 Å². The van der Waals surface area contributed by atoms with Gasteiger partial charge >= 0.3 is 0 Å². The lowest BCUT2D eigenvalue weighted by Crippen LogP contribution is -2.53. The quantitative estimate of drug-likeness (QED) is 0.309. The SMILES string of the molecule is O=C(NC(=S)N1CCN(c2c(F)c(F)c(Cl)c(F)c2F)CC1)c1ccccc1Cl. The number of carbonyl (C=O) groups is 1. The number of hydrogen-bond acceptors (Lipinski definition) is 3. The first-order chi connectivity index (χ1) is 13.7. The molecule has 0 bridgehead atoms. The molecule has 0 aromatic heterocycles. The fourth-order valence-electron chi connectivity index (χ4n) is 2.89. The van der Waals surface area contributed by atoms with Gasteiger partial charge in [0.05, 0.1) is 10.6 Å². The Morgan fingerprint density at radius 1 is 0.931 bits per heavy atom. The number of nitrogens with one attached hydrogen (secondary N) is 1. The molecule has 0 saturated carbocycles. The maximum absolute atomic E-state index is 14.1. The third-order valence-electron chi connectivity index (χ3n) is 4.41. The molecule has 1 N–H and O–H groups in total. The van der Waals surface area contributed by atoms with Crippen LogP contribution in [0.5, 0.6) is 0 Å². The molecule has 29 heavy (non-hydrogen) atoms. The van der Waals surface area contributed by atoms with Gasteiger partial charge in [-0.05, 0) is 24.4 Å². The number of thiocarbonyl (C=S) groups is 1. The largest absolute Gasteiger partial charge is 0.363 e. The van der Waals surface area contributed by atoms with Gasteiger partial charge in [0.2, 0.25) is 0 Å². The lowest BCUT2D eigenvalue weighted by Gasteiger charge is -2.37. The summed E-state index contributed by atoms with van der Waals surface area (Å²) >= 11 is 16.4. The van der Waals surface area contributed by atoms with E-state index in [2.05, 4.69) is 5.32 Å². The lowest BCUT2D eigenvalue weighted by molar-refractivity contribution is 0.0973. The van der Waals surface area contributed by atoms with Gasteiger partial charge in [-0.15, -0.1) is 0 Å². The van der Waals surface area contributed by atoms with Gasteiger partial charge in [-0.2, -0.15) is 0 Å². The molecule has 0 unspecified atom stereocenters. The second-order valence-corrected chi connectivity index (χ2v) is 7.30. The summed E-state index contributed by atoms with van der Waals surface area (Å²) in [6, 6.07) is 6.42. The standard InChI is InChI=1S/C18H13Cl2F4N3OS/c19-10-4-2-1-3-9(10)17(28)25-18(29)27-7-5-26(6-8-27)16-14(23)12(21)11(20)13(22)15(16)24/h1-4H,5-8H2,(H,25,28,29). The van der Waals surface area contributed by atoms with E-state index in [1.165, 1.54) is 6.07 Å². The highest BCUT2D eigenvalue weighted by atomic mass is 35.5. The molecule has 1 fully saturated rings. The Kier molecular flexibility index (Phi) is 6.50. The van der Waals surface area contributed by atoms with Gasteiger partial charge in [0.25, 0.3) is 5.91 Å². The number of halogens is 6. The number of nitrogens with zero attached hydrogens (tertiary/aromatic N) is 2. The molecule has 3 rings (SSSR count). The van der Waals surface area contributed by atoms with E-state index in [0.29, 0.717) is 0 Å². The van der Waals surface area contributed by atoms with Gasteiger partial charge in [-0.25, -0.2) is 17.6 Å². The van der Waals surface area contributed by atoms with E-state index in [1.54, 1.807) is 23.1 Å². The summed E-state index contributed by atoms with van der Waals surface area (Å²) in [4.78, 5) is 15.0. The number of rotatable bonds is 2. The molecule has 11 heteroatoms. The average Bonchev–Trinajstić information content (AvgIpc) is 2.71. The summed E-state index contributed by atoms with van der Waals surface area (Å²) < 4.78 is 55.6. The van der Waals surface area contributed by atoms with Gasteiger partial charge in [-0.1, -0.05) is 35.3 Å². The maximum Gasteiger partial charge on any atom is 0.258 e. The monoisotopic (exact) mass is 465 g/mol.